The van der Waals surface area contributed by atoms with Crippen molar-refractivity contribution < 1.29 is 0 Å². The minimum absolute atomic E-state index is 0.562. The van der Waals surface area contributed by atoms with Crippen LogP contribution in [-0.2, 0) is 0 Å². The molecular formula is C8H11BBrN. The Morgan fingerprint density at radius 3 is 2.45 bits per heavy atom. The summed E-state index contributed by atoms with van der Waals surface area (Å²) in [6.07, 6.45) is 3.75. The summed E-state index contributed by atoms with van der Waals surface area (Å²) in [4.78, 5) is 4.08. The molecule has 0 unspecified atom stereocenters. The van der Waals surface area contributed by atoms with E-state index < -0.39 is 0 Å². The fraction of sp³-hybridized carbons (Fsp3) is 0.375. The lowest BCUT2D eigenvalue weighted by molar-refractivity contribution is 0.864. The van der Waals surface area contributed by atoms with E-state index in [2.05, 4.69) is 42.6 Å². The number of rotatable bonds is 1. The van der Waals surface area contributed by atoms with Crippen LogP contribution in [0.25, 0.3) is 0 Å². The summed E-state index contributed by atoms with van der Waals surface area (Å²) < 4.78 is 1.12. The van der Waals surface area contributed by atoms with E-state index in [0.29, 0.717) is 5.92 Å². The van der Waals surface area contributed by atoms with Gasteiger partial charge in [0.1, 0.15) is 7.85 Å². The van der Waals surface area contributed by atoms with Crippen molar-refractivity contribution in [3.63, 3.8) is 0 Å². The molecule has 0 bridgehead atoms. The molecule has 1 aromatic heterocycles. The second kappa shape index (κ2) is 3.39. The van der Waals surface area contributed by atoms with Gasteiger partial charge in [0.15, 0.2) is 0 Å². The Bertz CT molecular complexity index is 240. The minimum Gasteiger partial charge on any atom is -0.264 e. The molecule has 0 saturated carbocycles. The Hall–Kier alpha value is -0.305. The third kappa shape index (κ3) is 1.83. The predicted molar refractivity (Wildman–Crippen MR) is 54.2 cm³/mol. The summed E-state index contributed by atoms with van der Waals surface area (Å²) in [5.41, 5.74) is 2.62. The molecule has 58 valence electrons. The van der Waals surface area contributed by atoms with Crippen molar-refractivity contribution >= 4 is 29.2 Å². The molecular weight excluding hydrogens is 201 g/mol. The Labute approximate surface area is 76.8 Å². The van der Waals surface area contributed by atoms with Crippen molar-refractivity contribution in [2.45, 2.75) is 19.8 Å². The van der Waals surface area contributed by atoms with Gasteiger partial charge in [0.05, 0.1) is 0 Å². The van der Waals surface area contributed by atoms with E-state index >= 15 is 0 Å². The van der Waals surface area contributed by atoms with Gasteiger partial charge in [0, 0.05) is 16.9 Å². The molecule has 0 radical (unpaired) electrons. The minimum atomic E-state index is 0.562. The van der Waals surface area contributed by atoms with E-state index in [0.717, 1.165) is 4.47 Å². The summed E-state index contributed by atoms with van der Waals surface area (Å²) in [5.74, 6) is 0.562. The van der Waals surface area contributed by atoms with Gasteiger partial charge in [-0.05, 0) is 27.4 Å². The number of pyridine rings is 1. The van der Waals surface area contributed by atoms with Gasteiger partial charge in [0.25, 0.3) is 0 Å². The summed E-state index contributed by atoms with van der Waals surface area (Å²) in [5, 5.41) is 0. The van der Waals surface area contributed by atoms with Gasteiger partial charge in [0.2, 0.25) is 0 Å². The van der Waals surface area contributed by atoms with Crippen molar-refractivity contribution in [3.05, 3.63) is 22.4 Å². The highest BCUT2D eigenvalue weighted by atomic mass is 79.9. The van der Waals surface area contributed by atoms with Gasteiger partial charge < -0.3 is 0 Å². The molecule has 0 aromatic carbocycles. The Kier molecular flexibility index (Phi) is 2.71. The number of nitrogens with zero attached hydrogens (tertiary/aromatic N) is 1. The Morgan fingerprint density at radius 1 is 1.45 bits per heavy atom. The number of halogens is 1. The van der Waals surface area contributed by atoms with Crippen LogP contribution in [0.5, 0.6) is 0 Å². The second-order valence-corrected chi connectivity index (χ2v) is 3.86. The molecule has 1 nitrogen and oxygen atoms in total. The lowest BCUT2D eigenvalue weighted by Gasteiger charge is -2.10. The molecule has 1 heterocycles. The van der Waals surface area contributed by atoms with Crippen LogP contribution in [0.15, 0.2) is 16.9 Å². The fourth-order valence-corrected chi connectivity index (χ4v) is 2.16. The third-order valence-electron chi connectivity index (χ3n) is 1.72. The van der Waals surface area contributed by atoms with Gasteiger partial charge in [-0.3, -0.25) is 4.98 Å². The first-order chi connectivity index (χ1) is 5.13. The Balaban J connectivity index is 3.21. The molecule has 0 spiro atoms. The fourth-order valence-electron chi connectivity index (χ4n) is 1.27. The van der Waals surface area contributed by atoms with E-state index in [4.69, 9.17) is 0 Å². The molecule has 0 aliphatic heterocycles. The molecule has 0 saturated heterocycles. The zero-order valence-corrected chi connectivity index (χ0v) is 8.64. The molecule has 3 heteroatoms. The standard InChI is InChI=1S/C8H11BBrN/c1-5(2)8-6(9)3-11-4-7(8)10/h3-5H,9H2,1-2H3. The molecule has 1 rings (SSSR count). The second-order valence-electron chi connectivity index (χ2n) is 3.01. The van der Waals surface area contributed by atoms with Crippen molar-refractivity contribution in [3.8, 4) is 0 Å². The van der Waals surface area contributed by atoms with E-state index in [1.54, 1.807) is 0 Å². The van der Waals surface area contributed by atoms with Crippen LogP contribution in [0.2, 0.25) is 0 Å². The maximum atomic E-state index is 4.08. The van der Waals surface area contributed by atoms with Crippen molar-refractivity contribution in [2.75, 3.05) is 0 Å². The summed E-state index contributed by atoms with van der Waals surface area (Å²) in [7, 11) is 2.09. The first-order valence-electron chi connectivity index (χ1n) is 3.73. The van der Waals surface area contributed by atoms with Gasteiger partial charge in [-0.25, -0.2) is 0 Å². The summed E-state index contributed by atoms with van der Waals surface area (Å²) in [6.45, 7) is 4.38. The van der Waals surface area contributed by atoms with Crippen LogP contribution < -0.4 is 5.46 Å². The summed E-state index contributed by atoms with van der Waals surface area (Å²) >= 11 is 3.49. The SMILES string of the molecule is Bc1cncc(Br)c1C(C)C. The van der Waals surface area contributed by atoms with Crippen LogP contribution >= 0.6 is 15.9 Å². The van der Waals surface area contributed by atoms with E-state index in [9.17, 15) is 0 Å². The highest BCUT2D eigenvalue weighted by Gasteiger charge is 2.06. The van der Waals surface area contributed by atoms with Gasteiger partial charge in [-0.1, -0.05) is 19.3 Å². The monoisotopic (exact) mass is 211 g/mol. The first kappa shape index (κ1) is 8.79. The summed E-state index contributed by atoms with van der Waals surface area (Å²) in [6, 6.07) is 0. The lowest BCUT2D eigenvalue weighted by atomic mass is 9.87. The maximum Gasteiger partial charge on any atom is 0.141 e. The van der Waals surface area contributed by atoms with E-state index in [-0.39, 0.29) is 0 Å². The zero-order chi connectivity index (χ0) is 8.43. The van der Waals surface area contributed by atoms with Crippen LogP contribution in [0.3, 0.4) is 0 Å². The lowest BCUT2D eigenvalue weighted by Crippen LogP contribution is -2.13. The molecule has 0 amide bonds. The number of hydrogen-bond acceptors (Lipinski definition) is 1. The molecule has 1 aromatic rings. The van der Waals surface area contributed by atoms with Crippen LogP contribution in [0, 0.1) is 0 Å². The number of aromatic nitrogens is 1. The predicted octanol–water partition coefficient (Wildman–Crippen LogP) is 1.23. The highest BCUT2D eigenvalue weighted by molar-refractivity contribution is 9.10. The highest BCUT2D eigenvalue weighted by Crippen LogP contribution is 2.20. The molecule has 0 fully saturated rings. The van der Waals surface area contributed by atoms with Crippen molar-refractivity contribution in [1.82, 2.24) is 4.98 Å². The van der Waals surface area contributed by atoms with Crippen LogP contribution in [0.1, 0.15) is 25.3 Å². The molecule has 0 aliphatic carbocycles. The van der Waals surface area contributed by atoms with Gasteiger partial charge in [-0.2, -0.15) is 0 Å². The van der Waals surface area contributed by atoms with E-state index in [1.165, 1.54) is 11.0 Å². The topological polar surface area (TPSA) is 12.9 Å². The quantitative estimate of drug-likeness (QED) is 0.637. The normalized spacial score (nSPS) is 10.5. The Morgan fingerprint density at radius 2 is 2.09 bits per heavy atom. The van der Waals surface area contributed by atoms with Crippen LogP contribution in [0.4, 0.5) is 0 Å². The first-order valence-corrected chi connectivity index (χ1v) is 4.52. The van der Waals surface area contributed by atoms with Crippen LogP contribution in [-0.4, -0.2) is 12.8 Å². The maximum absolute atomic E-state index is 4.08. The van der Waals surface area contributed by atoms with Crippen molar-refractivity contribution in [2.24, 2.45) is 0 Å². The largest absolute Gasteiger partial charge is 0.264 e. The average molecular weight is 212 g/mol. The molecule has 0 atom stereocenters. The van der Waals surface area contributed by atoms with Gasteiger partial charge in [-0.15, -0.1) is 0 Å². The zero-order valence-electron chi connectivity index (χ0n) is 7.06. The molecule has 0 N–H and O–H groups in total. The smallest absolute Gasteiger partial charge is 0.141 e. The molecule has 11 heavy (non-hydrogen) atoms. The van der Waals surface area contributed by atoms with Crippen molar-refractivity contribution in [1.29, 1.82) is 0 Å². The average Bonchev–Trinajstić information content (AvgIpc) is 1.85. The third-order valence-corrected chi connectivity index (χ3v) is 2.35. The van der Waals surface area contributed by atoms with E-state index in [1.807, 2.05) is 12.4 Å². The van der Waals surface area contributed by atoms with Gasteiger partial charge >= 0.3 is 0 Å². The molecule has 0 aliphatic rings. The number of hydrogen-bond donors (Lipinski definition) is 0.